The van der Waals surface area contributed by atoms with E-state index in [1.54, 1.807) is 54.5 Å². The van der Waals surface area contributed by atoms with Crippen molar-refractivity contribution in [3.63, 3.8) is 0 Å². The Bertz CT molecular complexity index is 958. The maximum atomic E-state index is 13.1. The van der Waals surface area contributed by atoms with E-state index in [9.17, 15) is 9.59 Å². The molecule has 0 atom stereocenters. The van der Waals surface area contributed by atoms with E-state index in [4.69, 9.17) is 21.1 Å². The summed E-state index contributed by atoms with van der Waals surface area (Å²) in [5, 5.41) is 3.05. The van der Waals surface area contributed by atoms with Crippen molar-refractivity contribution >= 4 is 52.1 Å². The van der Waals surface area contributed by atoms with Gasteiger partial charge in [0.2, 0.25) is 0 Å². The first-order chi connectivity index (χ1) is 14.3. The first kappa shape index (κ1) is 24.0. The summed E-state index contributed by atoms with van der Waals surface area (Å²) in [6, 6.07) is 10.4. The van der Waals surface area contributed by atoms with Gasteiger partial charge in [0.05, 0.1) is 24.8 Å². The van der Waals surface area contributed by atoms with Crippen molar-refractivity contribution in [3.05, 3.63) is 61.8 Å². The predicted octanol–water partition coefficient (Wildman–Crippen LogP) is 4.60. The van der Waals surface area contributed by atoms with E-state index in [0.29, 0.717) is 40.7 Å². The Kier molecular flexibility index (Phi) is 8.98. The lowest BCUT2D eigenvalue weighted by atomic mass is 10.1. The van der Waals surface area contributed by atoms with E-state index in [2.05, 4.69) is 27.9 Å². The number of hydrogen-bond donors (Lipinski definition) is 1. The number of nitrogens with one attached hydrogen (secondary N) is 1. The van der Waals surface area contributed by atoms with Gasteiger partial charge in [0, 0.05) is 16.7 Å². The van der Waals surface area contributed by atoms with E-state index >= 15 is 0 Å². The molecule has 1 N–H and O–H groups in total. The second-order valence-corrected chi connectivity index (χ2v) is 7.88. The van der Waals surface area contributed by atoms with Crippen LogP contribution in [0.25, 0.3) is 6.08 Å². The minimum atomic E-state index is -0.453. The van der Waals surface area contributed by atoms with Crippen LogP contribution in [0.2, 0.25) is 5.02 Å². The Balaban J connectivity index is 2.47. The first-order valence-corrected chi connectivity index (χ1v) is 10.8. The van der Waals surface area contributed by atoms with Crippen LogP contribution in [0.15, 0.2) is 42.1 Å². The minimum absolute atomic E-state index is 0.144. The van der Waals surface area contributed by atoms with Gasteiger partial charge >= 0.3 is 0 Å². The van der Waals surface area contributed by atoms with Gasteiger partial charge in [-0.1, -0.05) is 17.7 Å². The number of nitrogens with zero attached hydrogens (tertiary/aromatic N) is 1. The zero-order valence-corrected chi connectivity index (χ0v) is 20.2. The SMILES string of the molecule is CCN(CC)C(=O)C(=Cc1ccc(OC)c(OC)c1)NC(=O)c1cc(I)ccc1Cl. The monoisotopic (exact) mass is 542 g/mol. The van der Waals surface area contributed by atoms with Crippen LogP contribution in [0, 0.1) is 3.57 Å². The highest BCUT2D eigenvalue weighted by atomic mass is 127. The largest absolute Gasteiger partial charge is 0.493 e. The molecule has 0 bridgehead atoms. The number of carbonyl (C=O) groups excluding carboxylic acids is 2. The van der Waals surface area contributed by atoms with Crippen molar-refractivity contribution in [2.24, 2.45) is 0 Å². The summed E-state index contributed by atoms with van der Waals surface area (Å²) >= 11 is 8.30. The number of benzene rings is 2. The van der Waals surface area contributed by atoms with Crippen molar-refractivity contribution in [2.45, 2.75) is 13.8 Å². The smallest absolute Gasteiger partial charge is 0.270 e. The molecule has 0 unspecified atom stereocenters. The Morgan fingerprint density at radius 2 is 1.73 bits per heavy atom. The van der Waals surface area contributed by atoms with Crippen LogP contribution in [0.1, 0.15) is 29.8 Å². The van der Waals surface area contributed by atoms with E-state index in [-0.39, 0.29) is 11.6 Å². The number of amides is 2. The molecule has 2 amide bonds. The lowest BCUT2D eigenvalue weighted by Gasteiger charge is -2.21. The average Bonchev–Trinajstić information content (AvgIpc) is 2.75. The topological polar surface area (TPSA) is 67.9 Å². The summed E-state index contributed by atoms with van der Waals surface area (Å²) in [4.78, 5) is 27.6. The van der Waals surface area contributed by atoms with Crippen LogP contribution < -0.4 is 14.8 Å². The Hall–Kier alpha value is -2.26. The zero-order valence-electron chi connectivity index (χ0n) is 17.3. The number of carbonyl (C=O) groups is 2. The van der Waals surface area contributed by atoms with Gasteiger partial charge in [-0.25, -0.2) is 0 Å². The number of rotatable bonds is 8. The highest BCUT2D eigenvalue weighted by molar-refractivity contribution is 14.1. The van der Waals surface area contributed by atoms with Crippen molar-refractivity contribution in [2.75, 3.05) is 27.3 Å². The van der Waals surface area contributed by atoms with Gasteiger partial charge in [-0.2, -0.15) is 0 Å². The molecule has 0 saturated heterocycles. The molecule has 0 saturated carbocycles. The summed E-state index contributed by atoms with van der Waals surface area (Å²) < 4.78 is 11.5. The van der Waals surface area contributed by atoms with Gasteiger partial charge in [-0.15, -0.1) is 0 Å². The lowest BCUT2D eigenvalue weighted by Crippen LogP contribution is -2.38. The third-order valence-electron chi connectivity index (χ3n) is 4.42. The van der Waals surface area contributed by atoms with Gasteiger partial charge in [-0.3, -0.25) is 9.59 Å². The summed E-state index contributed by atoms with van der Waals surface area (Å²) in [7, 11) is 3.09. The van der Waals surface area contributed by atoms with Crippen molar-refractivity contribution in [3.8, 4) is 11.5 Å². The number of halogens is 2. The van der Waals surface area contributed by atoms with Gasteiger partial charge in [0.1, 0.15) is 5.70 Å². The van der Waals surface area contributed by atoms with Crippen molar-refractivity contribution in [1.29, 1.82) is 0 Å². The molecule has 160 valence electrons. The van der Waals surface area contributed by atoms with Gasteiger partial charge < -0.3 is 19.7 Å². The molecular formula is C22H24ClIN2O4. The highest BCUT2D eigenvalue weighted by Crippen LogP contribution is 2.28. The zero-order chi connectivity index (χ0) is 22.3. The van der Waals surface area contributed by atoms with Crippen LogP contribution in [-0.2, 0) is 4.79 Å². The molecule has 0 aliphatic carbocycles. The second kappa shape index (κ2) is 11.2. The quantitative estimate of drug-likeness (QED) is 0.391. The fraction of sp³-hybridized carbons (Fsp3) is 0.273. The maximum Gasteiger partial charge on any atom is 0.270 e. The third kappa shape index (κ3) is 5.89. The predicted molar refractivity (Wildman–Crippen MR) is 127 cm³/mol. The molecule has 2 aromatic carbocycles. The molecule has 0 aromatic heterocycles. The van der Waals surface area contributed by atoms with Crippen LogP contribution in [0.4, 0.5) is 0 Å². The molecule has 8 heteroatoms. The van der Waals surface area contributed by atoms with E-state index < -0.39 is 5.91 Å². The van der Waals surface area contributed by atoms with E-state index in [0.717, 1.165) is 3.57 Å². The molecule has 0 aliphatic rings. The normalized spacial score (nSPS) is 11.1. The highest BCUT2D eigenvalue weighted by Gasteiger charge is 2.20. The molecule has 2 aromatic rings. The summed E-state index contributed by atoms with van der Waals surface area (Å²) in [6.45, 7) is 4.79. The molecule has 0 heterocycles. The molecule has 0 fully saturated rings. The fourth-order valence-electron chi connectivity index (χ4n) is 2.80. The van der Waals surface area contributed by atoms with Crippen LogP contribution in [0.5, 0.6) is 11.5 Å². The number of ether oxygens (including phenoxy) is 2. The van der Waals surface area contributed by atoms with Crippen LogP contribution >= 0.6 is 34.2 Å². The number of likely N-dealkylation sites (N-methyl/N-ethyl adjacent to an activating group) is 1. The van der Waals surface area contributed by atoms with Crippen molar-refractivity contribution in [1.82, 2.24) is 10.2 Å². The fourth-order valence-corrected chi connectivity index (χ4v) is 3.50. The van der Waals surface area contributed by atoms with Crippen LogP contribution in [-0.4, -0.2) is 44.0 Å². The second-order valence-electron chi connectivity index (χ2n) is 6.23. The molecule has 0 radical (unpaired) electrons. The lowest BCUT2D eigenvalue weighted by molar-refractivity contribution is -0.127. The van der Waals surface area contributed by atoms with Gasteiger partial charge in [0.25, 0.3) is 11.8 Å². The van der Waals surface area contributed by atoms with E-state index in [1.165, 1.54) is 7.11 Å². The standard InChI is InChI=1S/C22H24ClIN2O4/c1-5-26(6-2)22(28)18(11-14-7-10-19(29-3)20(12-14)30-4)25-21(27)16-13-15(24)8-9-17(16)23/h7-13H,5-6H2,1-4H3,(H,25,27). The summed E-state index contributed by atoms with van der Waals surface area (Å²) in [5.41, 5.74) is 1.12. The maximum absolute atomic E-state index is 13.1. The Morgan fingerprint density at radius 3 is 2.33 bits per heavy atom. The summed E-state index contributed by atoms with van der Waals surface area (Å²) in [5.74, 6) is 0.351. The minimum Gasteiger partial charge on any atom is -0.493 e. The molecule has 6 nitrogen and oxygen atoms in total. The molecule has 0 spiro atoms. The average molecular weight is 543 g/mol. The molecule has 0 aliphatic heterocycles. The Labute approximate surface area is 195 Å². The number of methoxy groups -OCH3 is 2. The Morgan fingerprint density at radius 1 is 1.07 bits per heavy atom. The molecule has 30 heavy (non-hydrogen) atoms. The van der Waals surface area contributed by atoms with Gasteiger partial charge in [0.15, 0.2) is 11.5 Å². The molecular weight excluding hydrogens is 519 g/mol. The third-order valence-corrected chi connectivity index (χ3v) is 5.42. The van der Waals surface area contributed by atoms with E-state index in [1.807, 2.05) is 13.8 Å². The van der Waals surface area contributed by atoms with Gasteiger partial charge in [-0.05, 0) is 78.4 Å². The number of hydrogen-bond acceptors (Lipinski definition) is 4. The van der Waals surface area contributed by atoms with Crippen LogP contribution in [0.3, 0.4) is 0 Å². The molecule has 2 rings (SSSR count). The first-order valence-electron chi connectivity index (χ1n) is 9.33. The van der Waals surface area contributed by atoms with Crippen molar-refractivity contribution < 1.29 is 19.1 Å². The summed E-state index contributed by atoms with van der Waals surface area (Å²) in [6.07, 6.45) is 1.61.